The van der Waals surface area contributed by atoms with Gasteiger partial charge in [0, 0.05) is 22.7 Å². The van der Waals surface area contributed by atoms with Gasteiger partial charge in [0.05, 0.1) is 21.8 Å². The Morgan fingerprint density at radius 3 is 2.84 bits per heavy atom. The molecule has 0 saturated carbocycles. The Morgan fingerprint density at radius 1 is 1.32 bits per heavy atom. The number of hydrogen-bond acceptors (Lipinski definition) is 4. The molecule has 0 fully saturated rings. The van der Waals surface area contributed by atoms with Gasteiger partial charge in [0.15, 0.2) is 0 Å². The number of amides is 2. The van der Waals surface area contributed by atoms with Crippen LogP contribution in [0.25, 0.3) is 0 Å². The summed E-state index contributed by atoms with van der Waals surface area (Å²) in [4.78, 5) is 28.7. The zero-order chi connectivity index (χ0) is 17.8. The van der Waals surface area contributed by atoms with E-state index in [0.29, 0.717) is 17.4 Å². The zero-order valence-electron chi connectivity index (χ0n) is 13.4. The smallest absolute Gasteiger partial charge is 0.238 e. The fourth-order valence-corrected chi connectivity index (χ4v) is 4.75. The molecule has 1 aliphatic rings. The molecule has 25 heavy (non-hydrogen) atoms. The van der Waals surface area contributed by atoms with Gasteiger partial charge in [-0.2, -0.15) is 0 Å². The number of fused-ring (bicyclic) bond motifs is 1. The molecule has 1 N–H and O–H groups in total. The van der Waals surface area contributed by atoms with E-state index in [2.05, 4.69) is 11.9 Å². The number of carbonyl (C=O) groups is 2. The minimum Gasteiger partial charge on any atom is -0.334 e. The number of halogens is 1. The molecule has 2 amide bonds. The van der Waals surface area contributed by atoms with Gasteiger partial charge in [0.1, 0.15) is 0 Å². The first-order valence-electron chi connectivity index (χ1n) is 7.76. The van der Waals surface area contributed by atoms with E-state index < -0.39 is 5.25 Å². The topological polar surface area (TPSA) is 49.4 Å². The highest BCUT2D eigenvalue weighted by atomic mass is 35.5. The number of thioether (sulfide) groups is 1. The predicted molar refractivity (Wildman–Crippen MR) is 104 cm³/mol. The second-order valence-corrected chi connectivity index (χ2v) is 8.61. The standard InChI is InChI=1S/C18H17ClN2O2S2/c1-2-9-21(11-12-7-8-16(19)24-12)17(22)10-15-18(23)20-13-5-3-4-6-14(13)25-15/h2-8,15H,1,9-11H2,(H,20,23)/t15-/m1/s1. The minimum absolute atomic E-state index is 0.0727. The lowest BCUT2D eigenvalue weighted by Gasteiger charge is -2.26. The second kappa shape index (κ2) is 8.08. The van der Waals surface area contributed by atoms with E-state index in [-0.39, 0.29) is 18.2 Å². The summed E-state index contributed by atoms with van der Waals surface area (Å²) >= 11 is 8.85. The maximum absolute atomic E-state index is 12.7. The molecule has 1 aromatic heterocycles. The van der Waals surface area contributed by atoms with E-state index in [1.807, 2.05) is 36.4 Å². The fraction of sp³-hybridized carbons (Fsp3) is 0.222. The van der Waals surface area contributed by atoms with Crippen molar-refractivity contribution >= 4 is 52.2 Å². The fourth-order valence-electron chi connectivity index (χ4n) is 2.55. The van der Waals surface area contributed by atoms with Crippen molar-refractivity contribution in [3.8, 4) is 0 Å². The first kappa shape index (κ1) is 18.0. The Labute approximate surface area is 159 Å². The van der Waals surface area contributed by atoms with Crippen LogP contribution in [0.5, 0.6) is 0 Å². The molecule has 130 valence electrons. The van der Waals surface area contributed by atoms with Crippen molar-refractivity contribution < 1.29 is 9.59 Å². The van der Waals surface area contributed by atoms with Crippen LogP contribution < -0.4 is 5.32 Å². The molecule has 2 heterocycles. The Kier molecular flexibility index (Phi) is 5.83. The molecule has 0 aliphatic carbocycles. The largest absolute Gasteiger partial charge is 0.334 e. The first-order valence-corrected chi connectivity index (χ1v) is 9.83. The Balaban J connectivity index is 1.68. The van der Waals surface area contributed by atoms with E-state index in [4.69, 9.17) is 11.6 Å². The van der Waals surface area contributed by atoms with Crippen LogP contribution in [0.1, 0.15) is 11.3 Å². The lowest BCUT2D eigenvalue weighted by molar-refractivity contribution is -0.132. The molecule has 2 aromatic rings. The number of thiophene rings is 1. The Bertz CT molecular complexity index is 806. The van der Waals surface area contributed by atoms with Crippen molar-refractivity contribution in [2.75, 3.05) is 11.9 Å². The molecule has 0 spiro atoms. The number of rotatable bonds is 6. The molecule has 0 bridgehead atoms. The molecule has 1 aliphatic heterocycles. The Morgan fingerprint density at radius 2 is 2.12 bits per heavy atom. The number of hydrogen-bond donors (Lipinski definition) is 1. The van der Waals surface area contributed by atoms with Crippen LogP contribution in [0.15, 0.2) is 53.9 Å². The summed E-state index contributed by atoms with van der Waals surface area (Å²) in [5.41, 5.74) is 0.803. The van der Waals surface area contributed by atoms with Crippen LogP contribution in [0.2, 0.25) is 4.34 Å². The lowest BCUT2D eigenvalue weighted by atomic mass is 10.2. The monoisotopic (exact) mass is 392 g/mol. The molecule has 0 radical (unpaired) electrons. The van der Waals surface area contributed by atoms with Crippen molar-refractivity contribution in [3.63, 3.8) is 0 Å². The van der Waals surface area contributed by atoms with Gasteiger partial charge >= 0.3 is 0 Å². The third kappa shape index (κ3) is 4.45. The lowest BCUT2D eigenvalue weighted by Crippen LogP contribution is -2.37. The molecule has 3 rings (SSSR count). The van der Waals surface area contributed by atoms with Crippen molar-refractivity contribution in [2.45, 2.75) is 23.1 Å². The van der Waals surface area contributed by atoms with Gasteiger partial charge in [0.2, 0.25) is 11.8 Å². The third-order valence-electron chi connectivity index (χ3n) is 3.74. The van der Waals surface area contributed by atoms with Crippen molar-refractivity contribution in [1.29, 1.82) is 0 Å². The molecule has 1 atom stereocenters. The molecule has 1 aromatic carbocycles. The van der Waals surface area contributed by atoms with Gasteiger partial charge in [-0.1, -0.05) is 29.8 Å². The number of benzene rings is 1. The number of nitrogens with zero attached hydrogens (tertiary/aromatic N) is 1. The second-order valence-electron chi connectivity index (χ2n) is 5.56. The minimum atomic E-state index is -0.429. The highest BCUT2D eigenvalue weighted by Crippen LogP contribution is 2.37. The van der Waals surface area contributed by atoms with Crippen molar-refractivity contribution in [3.05, 3.63) is 58.3 Å². The number of para-hydroxylation sites is 1. The Hall–Kier alpha value is -1.76. The van der Waals surface area contributed by atoms with Crippen LogP contribution >= 0.6 is 34.7 Å². The first-order chi connectivity index (χ1) is 12.1. The normalized spacial score (nSPS) is 16.0. The summed E-state index contributed by atoms with van der Waals surface area (Å²) in [7, 11) is 0. The van der Waals surface area contributed by atoms with E-state index >= 15 is 0 Å². The zero-order valence-corrected chi connectivity index (χ0v) is 15.8. The van der Waals surface area contributed by atoms with Crippen LogP contribution in [0, 0.1) is 0 Å². The van der Waals surface area contributed by atoms with Gasteiger partial charge in [-0.3, -0.25) is 9.59 Å². The van der Waals surface area contributed by atoms with Crippen LogP contribution in [-0.4, -0.2) is 28.5 Å². The van der Waals surface area contributed by atoms with E-state index in [0.717, 1.165) is 15.5 Å². The number of carbonyl (C=O) groups excluding carboxylic acids is 2. The summed E-state index contributed by atoms with van der Waals surface area (Å²) in [6.07, 6.45) is 1.84. The van der Waals surface area contributed by atoms with Gasteiger partial charge in [-0.25, -0.2) is 0 Å². The maximum Gasteiger partial charge on any atom is 0.238 e. The van der Waals surface area contributed by atoms with E-state index in [1.54, 1.807) is 11.0 Å². The molecule has 7 heteroatoms. The molecule has 4 nitrogen and oxygen atoms in total. The highest BCUT2D eigenvalue weighted by Gasteiger charge is 2.30. The van der Waals surface area contributed by atoms with Gasteiger partial charge < -0.3 is 10.2 Å². The van der Waals surface area contributed by atoms with Gasteiger partial charge in [0.25, 0.3) is 0 Å². The van der Waals surface area contributed by atoms with Crippen molar-refractivity contribution in [1.82, 2.24) is 4.90 Å². The summed E-state index contributed by atoms with van der Waals surface area (Å²) in [5.74, 6) is -0.203. The molecule has 0 saturated heterocycles. The van der Waals surface area contributed by atoms with Crippen LogP contribution in [0.4, 0.5) is 5.69 Å². The van der Waals surface area contributed by atoms with Crippen molar-refractivity contribution in [2.24, 2.45) is 0 Å². The SMILES string of the molecule is C=CCN(Cc1ccc(Cl)s1)C(=O)C[C@H]1Sc2ccccc2NC1=O. The summed E-state index contributed by atoms with van der Waals surface area (Å²) in [6, 6.07) is 11.3. The number of anilines is 1. The van der Waals surface area contributed by atoms with E-state index in [9.17, 15) is 9.59 Å². The summed E-state index contributed by atoms with van der Waals surface area (Å²) in [5, 5.41) is 2.44. The number of nitrogens with one attached hydrogen (secondary N) is 1. The average molecular weight is 393 g/mol. The van der Waals surface area contributed by atoms with Crippen LogP contribution in [0.3, 0.4) is 0 Å². The van der Waals surface area contributed by atoms with Gasteiger partial charge in [-0.05, 0) is 24.3 Å². The summed E-state index contributed by atoms with van der Waals surface area (Å²) in [6.45, 7) is 4.62. The highest BCUT2D eigenvalue weighted by molar-refractivity contribution is 8.01. The summed E-state index contributed by atoms with van der Waals surface area (Å²) < 4.78 is 0.694. The van der Waals surface area contributed by atoms with Crippen LogP contribution in [-0.2, 0) is 16.1 Å². The third-order valence-corrected chi connectivity index (χ3v) is 6.24. The average Bonchev–Trinajstić information content (AvgIpc) is 3.00. The maximum atomic E-state index is 12.7. The van der Waals surface area contributed by atoms with Gasteiger partial charge in [-0.15, -0.1) is 29.7 Å². The molecule has 0 unspecified atom stereocenters. The van der Waals surface area contributed by atoms with E-state index in [1.165, 1.54) is 23.1 Å². The predicted octanol–water partition coefficient (Wildman–Crippen LogP) is 4.42. The molecular formula is C18H17ClN2O2S2. The quantitative estimate of drug-likeness (QED) is 0.740. The molecular weight excluding hydrogens is 376 g/mol.